The largest absolute Gasteiger partial charge is 0.508 e. The highest BCUT2D eigenvalue weighted by atomic mass is 16.3. The van der Waals surface area contributed by atoms with Gasteiger partial charge in [-0.05, 0) is 50.8 Å². The first-order valence-electron chi connectivity index (χ1n) is 7.24. The molecule has 2 nitrogen and oxygen atoms in total. The van der Waals surface area contributed by atoms with Crippen LogP contribution < -0.4 is 0 Å². The van der Waals surface area contributed by atoms with Gasteiger partial charge in [0.15, 0.2) is 0 Å². The highest BCUT2D eigenvalue weighted by Crippen LogP contribution is 2.32. The lowest BCUT2D eigenvalue weighted by Gasteiger charge is -2.30. The van der Waals surface area contributed by atoms with E-state index in [0.29, 0.717) is 11.8 Å². The predicted molar refractivity (Wildman–Crippen MR) is 75.7 cm³/mol. The molecule has 18 heavy (non-hydrogen) atoms. The van der Waals surface area contributed by atoms with E-state index < -0.39 is 0 Å². The van der Waals surface area contributed by atoms with Crippen LogP contribution in [0.25, 0.3) is 0 Å². The molecular formula is C16H25NO. The van der Waals surface area contributed by atoms with Gasteiger partial charge in [0.2, 0.25) is 0 Å². The Balaban J connectivity index is 2.15. The molecule has 2 rings (SSSR count). The first-order chi connectivity index (χ1) is 8.72. The van der Waals surface area contributed by atoms with Crippen molar-refractivity contribution in [1.29, 1.82) is 0 Å². The lowest BCUT2D eigenvalue weighted by atomic mass is 10.0. The van der Waals surface area contributed by atoms with Crippen molar-refractivity contribution in [3.05, 3.63) is 29.8 Å². The third kappa shape index (κ3) is 3.05. The Kier molecular flexibility index (Phi) is 4.65. The Labute approximate surface area is 111 Å². The molecule has 100 valence electrons. The smallest absolute Gasteiger partial charge is 0.120 e. The van der Waals surface area contributed by atoms with Gasteiger partial charge in [0.25, 0.3) is 0 Å². The standard InChI is InChI=1S/C16H25NO/c1-3-15(14-8-4-5-9-16(14)18)17-11-6-7-13(2)10-12-17/h4-5,8-9,13,15,18H,3,6-7,10-12H2,1-2H3. The van der Waals surface area contributed by atoms with E-state index in [1.165, 1.54) is 19.3 Å². The topological polar surface area (TPSA) is 23.5 Å². The summed E-state index contributed by atoms with van der Waals surface area (Å²) in [7, 11) is 0. The Morgan fingerprint density at radius 2 is 2.06 bits per heavy atom. The maximum Gasteiger partial charge on any atom is 0.120 e. The summed E-state index contributed by atoms with van der Waals surface area (Å²) < 4.78 is 0. The van der Waals surface area contributed by atoms with Gasteiger partial charge in [0.1, 0.15) is 5.75 Å². The van der Waals surface area contributed by atoms with Crippen LogP contribution >= 0.6 is 0 Å². The summed E-state index contributed by atoms with van der Waals surface area (Å²) in [5.41, 5.74) is 1.09. The molecule has 1 aliphatic rings. The average Bonchev–Trinajstić information content (AvgIpc) is 2.58. The minimum atomic E-state index is 0.372. The fraction of sp³-hybridized carbons (Fsp3) is 0.625. The second kappa shape index (κ2) is 6.24. The molecule has 1 heterocycles. The zero-order chi connectivity index (χ0) is 13.0. The van der Waals surface area contributed by atoms with Gasteiger partial charge in [-0.25, -0.2) is 0 Å². The number of para-hydroxylation sites is 1. The molecule has 1 aliphatic heterocycles. The van der Waals surface area contributed by atoms with E-state index in [1.54, 1.807) is 6.07 Å². The SMILES string of the molecule is CCC(c1ccccc1O)N1CCCC(C)CC1. The summed E-state index contributed by atoms with van der Waals surface area (Å²) in [5, 5.41) is 10.0. The molecule has 0 aliphatic carbocycles. The molecule has 0 bridgehead atoms. The summed E-state index contributed by atoms with van der Waals surface area (Å²) in [6, 6.07) is 8.17. The molecule has 0 amide bonds. The highest BCUT2D eigenvalue weighted by Gasteiger charge is 2.23. The van der Waals surface area contributed by atoms with Crippen LogP contribution in [0.5, 0.6) is 5.75 Å². The molecule has 2 heteroatoms. The van der Waals surface area contributed by atoms with Crippen LogP contribution in [-0.2, 0) is 0 Å². The van der Waals surface area contributed by atoms with Crippen molar-refractivity contribution in [2.45, 2.75) is 45.6 Å². The summed E-state index contributed by atoms with van der Waals surface area (Å²) >= 11 is 0. The zero-order valence-corrected chi connectivity index (χ0v) is 11.6. The van der Waals surface area contributed by atoms with Crippen LogP contribution in [-0.4, -0.2) is 23.1 Å². The molecule has 0 saturated carbocycles. The number of likely N-dealkylation sites (tertiary alicyclic amines) is 1. The third-order valence-electron chi connectivity index (χ3n) is 4.17. The van der Waals surface area contributed by atoms with Crippen LogP contribution in [0.3, 0.4) is 0 Å². The lowest BCUT2D eigenvalue weighted by molar-refractivity contribution is 0.194. The van der Waals surface area contributed by atoms with E-state index in [2.05, 4.69) is 24.8 Å². The van der Waals surface area contributed by atoms with Gasteiger partial charge in [-0.15, -0.1) is 0 Å². The molecule has 1 aromatic carbocycles. The quantitative estimate of drug-likeness (QED) is 0.873. The monoisotopic (exact) mass is 247 g/mol. The first-order valence-corrected chi connectivity index (χ1v) is 7.24. The van der Waals surface area contributed by atoms with Crippen molar-refractivity contribution in [2.75, 3.05) is 13.1 Å². The number of aromatic hydroxyl groups is 1. The van der Waals surface area contributed by atoms with E-state index in [1.807, 2.05) is 12.1 Å². The van der Waals surface area contributed by atoms with E-state index in [4.69, 9.17) is 0 Å². The molecule has 1 aromatic rings. The zero-order valence-electron chi connectivity index (χ0n) is 11.6. The van der Waals surface area contributed by atoms with E-state index in [-0.39, 0.29) is 0 Å². The summed E-state index contributed by atoms with van der Waals surface area (Å²) in [5.74, 6) is 1.29. The van der Waals surface area contributed by atoms with Gasteiger partial charge >= 0.3 is 0 Å². The summed E-state index contributed by atoms with van der Waals surface area (Å²) in [6.07, 6.45) is 4.97. The van der Waals surface area contributed by atoms with Crippen LogP contribution in [0.15, 0.2) is 24.3 Å². The second-order valence-electron chi connectivity index (χ2n) is 5.55. The van der Waals surface area contributed by atoms with Gasteiger partial charge in [0, 0.05) is 11.6 Å². The van der Waals surface area contributed by atoms with Crippen LogP contribution in [0.1, 0.15) is 51.1 Å². The molecule has 2 unspecified atom stereocenters. The number of rotatable bonds is 3. The Morgan fingerprint density at radius 3 is 2.78 bits per heavy atom. The molecule has 2 atom stereocenters. The fourth-order valence-corrected chi connectivity index (χ4v) is 3.04. The Hall–Kier alpha value is -1.02. The van der Waals surface area contributed by atoms with Crippen molar-refractivity contribution in [3.63, 3.8) is 0 Å². The Morgan fingerprint density at radius 1 is 1.28 bits per heavy atom. The maximum atomic E-state index is 10.0. The molecule has 1 saturated heterocycles. The first kappa shape index (κ1) is 13.4. The molecule has 1 fully saturated rings. The van der Waals surface area contributed by atoms with Crippen LogP contribution in [0.2, 0.25) is 0 Å². The average molecular weight is 247 g/mol. The number of hydrogen-bond acceptors (Lipinski definition) is 2. The third-order valence-corrected chi connectivity index (χ3v) is 4.17. The normalized spacial score (nSPS) is 23.6. The van der Waals surface area contributed by atoms with Crippen LogP contribution in [0, 0.1) is 5.92 Å². The van der Waals surface area contributed by atoms with E-state index in [0.717, 1.165) is 31.0 Å². The van der Waals surface area contributed by atoms with Gasteiger partial charge in [-0.1, -0.05) is 32.0 Å². The van der Waals surface area contributed by atoms with E-state index in [9.17, 15) is 5.11 Å². The molecular weight excluding hydrogens is 222 g/mol. The van der Waals surface area contributed by atoms with Crippen LogP contribution in [0.4, 0.5) is 0 Å². The van der Waals surface area contributed by atoms with Crippen molar-refractivity contribution in [3.8, 4) is 5.75 Å². The number of benzene rings is 1. The minimum absolute atomic E-state index is 0.372. The predicted octanol–water partition coefficient (Wildman–Crippen LogP) is 3.97. The van der Waals surface area contributed by atoms with Crippen molar-refractivity contribution >= 4 is 0 Å². The number of phenols is 1. The lowest BCUT2D eigenvalue weighted by Crippen LogP contribution is -2.29. The maximum absolute atomic E-state index is 10.0. The van der Waals surface area contributed by atoms with Crippen molar-refractivity contribution in [2.24, 2.45) is 5.92 Å². The minimum Gasteiger partial charge on any atom is -0.508 e. The van der Waals surface area contributed by atoms with Gasteiger partial charge in [0.05, 0.1) is 0 Å². The molecule has 1 N–H and O–H groups in total. The van der Waals surface area contributed by atoms with Crippen molar-refractivity contribution in [1.82, 2.24) is 4.90 Å². The molecule has 0 aromatic heterocycles. The second-order valence-corrected chi connectivity index (χ2v) is 5.55. The van der Waals surface area contributed by atoms with Gasteiger partial charge in [-0.2, -0.15) is 0 Å². The summed E-state index contributed by atoms with van der Waals surface area (Å²) in [4.78, 5) is 2.55. The van der Waals surface area contributed by atoms with Gasteiger partial charge in [-0.3, -0.25) is 4.90 Å². The fourth-order valence-electron chi connectivity index (χ4n) is 3.04. The molecule has 0 radical (unpaired) electrons. The van der Waals surface area contributed by atoms with Gasteiger partial charge < -0.3 is 5.11 Å². The number of hydrogen-bond donors (Lipinski definition) is 1. The highest BCUT2D eigenvalue weighted by molar-refractivity contribution is 5.34. The number of phenolic OH excluding ortho intramolecular Hbond substituents is 1. The summed E-state index contributed by atoms with van der Waals surface area (Å²) in [6.45, 7) is 6.89. The number of nitrogens with zero attached hydrogens (tertiary/aromatic N) is 1. The van der Waals surface area contributed by atoms with Crippen molar-refractivity contribution < 1.29 is 5.11 Å². The molecule has 0 spiro atoms. The van der Waals surface area contributed by atoms with E-state index >= 15 is 0 Å². The Bertz CT molecular complexity index is 377.